The van der Waals surface area contributed by atoms with E-state index in [-0.39, 0.29) is 5.01 Å². The molecule has 0 spiro atoms. The van der Waals surface area contributed by atoms with Crippen molar-refractivity contribution in [3.05, 3.63) is 41.7 Å². The molecule has 0 bridgehead atoms. The smallest absolute Gasteiger partial charge is 0.277 e. The molecule has 0 saturated carbocycles. The van der Waals surface area contributed by atoms with Gasteiger partial charge in [0.2, 0.25) is 0 Å². The molecule has 1 amide bonds. The van der Waals surface area contributed by atoms with E-state index in [0.717, 1.165) is 27.0 Å². The molecule has 28 heavy (non-hydrogen) atoms. The van der Waals surface area contributed by atoms with Gasteiger partial charge in [0.1, 0.15) is 25.4 Å². The molecule has 4 aromatic rings. The third-order valence-electron chi connectivity index (χ3n) is 4.58. The van der Waals surface area contributed by atoms with Crippen LogP contribution < -0.4 is 20.1 Å². The van der Waals surface area contributed by atoms with E-state index in [4.69, 9.17) is 15.2 Å². The van der Waals surface area contributed by atoms with Gasteiger partial charge in [-0.25, -0.2) is 15.0 Å². The SMILES string of the molecule is CN(c1ccc2c(c1)OCCO2)c1ncnc2ccc3nc(C(N)=O)sc3c12. The van der Waals surface area contributed by atoms with Gasteiger partial charge in [0, 0.05) is 18.8 Å². The Bertz CT molecular complexity index is 1240. The molecule has 0 fully saturated rings. The molecule has 0 aliphatic carbocycles. The minimum Gasteiger partial charge on any atom is -0.486 e. The second-order valence-corrected chi connectivity index (χ2v) is 7.27. The van der Waals surface area contributed by atoms with Crippen molar-refractivity contribution in [2.45, 2.75) is 0 Å². The van der Waals surface area contributed by atoms with Gasteiger partial charge in [-0.1, -0.05) is 0 Å². The Morgan fingerprint density at radius 1 is 1.11 bits per heavy atom. The second-order valence-electron chi connectivity index (χ2n) is 6.28. The van der Waals surface area contributed by atoms with Gasteiger partial charge in [-0.3, -0.25) is 4.79 Å². The number of nitrogens with zero attached hydrogens (tertiary/aromatic N) is 4. The minimum absolute atomic E-state index is 0.263. The Hall–Kier alpha value is -3.46. The predicted octanol–water partition coefficient (Wildman–Crippen LogP) is 2.88. The number of rotatable bonds is 3. The molecule has 2 aromatic heterocycles. The average Bonchev–Trinajstić information content (AvgIpc) is 3.17. The van der Waals surface area contributed by atoms with Crippen LogP contribution in [0.4, 0.5) is 11.5 Å². The molecule has 8 nitrogen and oxygen atoms in total. The van der Waals surface area contributed by atoms with Gasteiger partial charge in [-0.05, 0) is 24.3 Å². The van der Waals surface area contributed by atoms with Crippen molar-refractivity contribution in [3.63, 3.8) is 0 Å². The molecule has 9 heteroatoms. The number of hydrogen-bond acceptors (Lipinski definition) is 8. The zero-order valence-corrected chi connectivity index (χ0v) is 15.7. The summed E-state index contributed by atoms with van der Waals surface area (Å²) < 4.78 is 12.1. The van der Waals surface area contributed by atoms with E-state index < -0.39 is 5.91 Å². The molecule has 3 heterocycles. The van der Waals surface area contributed by atoms with Crippen molar-refractivity contribution >= 4 is 49.9 Å². The number of carbonyl (C=O) groups excluding carboxylic acids is 1. The normalized spacial score (nSPS) is 13.0. The molecule has 1 aliphatic heterocycles. The van der Waals surface area contributed by atoms with E-state index in [1.165, 1.54) is 17.7 Å². The first-order valence-electron chi connectivity index (χ1n) is 8.59. The maximum atomic E-state index is 11.6. The number of aromatic nitrogens is 3. The lowest BCUT2D eigenvalue weighted by atomic mass is 10.2. The van der Waals surface area contributed by atoms with Crippen LogP contribution in [-0.2, 0) is 0 Å². The van der Waals surface area contributed by atoms with Crippen molar-refractivity contribution in [1.29, 1.82) is 0 Å². The number of fused-ring (bicyclic) bond motifs is 4. The van der Waals surface area contributed by atoms with E-state index in [2.05, 4.69) is 15.0 Å². The van der Waals surface area contributed by atoms with E-state index in [1.54, 1.807) is 0 Å². The van der Waals surface area contributed by atoms with Gasteiger partial charge in [0.05, 0.1) is 21.1 Å². The van der Waals surface area contributed by atoms with Gasteiger partial charge >= 0.3 is 0 Å². The van der Waals surface area contributed by atoms with E-state index >= 15 is 0 Å². The Balaban J connectivity index is 1.69. The highest BCUT2D eigenvalue weighted by Gasteiger charge is 2.19. The van der Waals surface area contributed by atoms with Crippen molar-refractivity contribution in [2.24, 2.45) is 5.73 Å². The highest BCUT2D eigenvalue weighted by atomic mass is 32.1. The number of ether oxygens (including phenoxy) is 2. The van der Waals surface area contributed by atoms with Crippen LogP contribution in [-0.4, -0.2) is 41.1 Å². The number of carbonyl (C=O) groups is 1. The Morgan fingerprint density at radius 2 is 1.89 bits per heavy atom. The largest absolute Gasteiger partial charge is 0.486 e. The summed E-state index contributed by atoms with van der Waals surface area (Å²) in [7, 11) is 1.92. The van der Waals surface area contributed by atoms with Gasteiger partial charge in [-0.15, -0.1) is 11.3 Å². The van der Waals surface area contributed by atoms with Crippen molar-refractivity contribution < 1.29 is 14.3 Å². The van der Waals surface area contributed by atoms with Crippen LogP contribution in [0.5, 0.6) is 11.5 Å². The third-order valence-corrected chi connectivity index (χ3v) is 5.68. The first-order chi connectivity index (χ1) is 13.6. The Labute approximate surface area is 163 Å². The van der Waals surface area contributed by atoms with Gasteiger partial charge in [0.15, 0.2) is 16.5 Å². The lowest BCUT2D eigenvalue weighted by molar-refractivity contribution is 0.1000. The quantitative estimate of drug-likeness (QED) is 0.571. The fourth-order valence-corrected chi connectivity index (χ4v) is 4.19. The zero-order valence-electron chi connectivity index (χ0n) is 14.9. The molecule has 140 valence electrons. The van der Waals surface area contributed by atoms with Crippen LogP contribution in [0, 0.1) is 0 Å². The summed E-state index contributed by atoms with van der Waals surface area (Å²) in [5.74, 6) is 1.58. The standard InChI is InChI=1S/C19H15N5O3S/c1-24(10-2-5-13-14(8-10)27-7-6-26-13)18-15-11(21-9-22-18)3-4-12-16(15)28-19(23-12)17(20)25/h2-5,8-9H,6-7H2,1H3,(H2,20,25). The summed E-state index contributed by atoms with van der Waals surface area (Å²) in [5, 5.41) is 1.08. The molecule has 0 atom stereocenters. The fourth-order valence-electron chi connectivity index (χ4n) is 3.24. The number of benzene rings is 2. The predicted molar refractivity (Wildman–Crippen MR) is 107 cm³/mol. The summed E-state index contributed by atoms with van der Waals surface area (Å²) >= 11 is 1.25. The first-order valence-corrected chi connectivity index (χ1v) is 9.41. The minimum atomic E-state index is -0.548. The van der Waals surface area contributed by atoms with E-state index in [0.29, 0.717) is 30.3 Å². The lowest BCUT2D eigenvalue weighted by Gasteiger charge is -2.23. The molecular weight excluding hydrogens is 378 g/mol. The fraction of sp³-hybridized carbons (Fsp3) is 0.158. The molecular formula is C19H15N5O3S. The van der Waals surface area contributed by atoms with Gasteiger partial charge in [-0.2, -0.15) is 0 Å². The number of anilines is 2. The topological polar surface area (TPSA) is 103 Å². The van der Waals surface area contributed by atoms with Crippen LogP contribution in [0.25, 0.3) is 21.1 Å². The molecule has 0 unspecified atom stereocenters. The molecule has 0 radical (unpaired) electrons. The molecule has 0 saturated heterocycles. The summed E-state index contributed by atoms with van der Waals surface area (Å²) in [4.78, 5) is 26.7. The third kappa shape index (κ3) is 2.59. The number of hydrogen-bond donors (Lipinski definition) is 1. The van der Waals surface area contributed by atoms with Gasteiger partial charge < -0.3 is 20.1 Å². The van der Waals surface area contributed by atoms with E-state index in [9.17, 15) is 4.79 Å². The summed E-state index contributed by atoms with van der Waals surface area (Å²) in [6.45, 7) is 1.07. The van der Waals surface area contributed by atoms with Crippen molar-refractivity contribution in [3.8, 4) is 11.5 Å². The molecule has 1 aliphatic rings. The number of amides is 1. The molecule has 2 aromatic carbocycles. The number of thiazole rings is 1. The van der Waals surface area contributed by atoms with Gasteiger partial charge in [0.25, 0.3) is 5.91 Å². The summed E-state index contributed by atoms with van der Waals surface area (Å²) in [6, 6.07) is 9.46. The molecule has 5 rings (SSSR count). The van der Waals surface area contributed by atoms with Crippen LogP contribution >= 0.6 is 11.3 Å². The maximum Gasteiger partial charge on any atom is 0.277 e. The Morgan fingerprint density at radius 3 is 2.71 bits per heavy atom. The Kier molecular flexibility index (Phi) is 3.76. The van der Waals surface area contributed by atoms with Crippen LogP contribution in [0.1, 0.15) is 9.80 Å². The lowest BCUT2D eigenvalue weighted by Crippen LogP contribution is -2.17. The summed E-state index contributed by atoms with van der Waals surface area (Å²) in [5.41, 5.74) is 7.76. The monoisotopic (exact) mass is 393 g/mol. The zero-order chi connectivity index (χ0) is 19.3. The van der Waals surface area contributed by atoms with Crippen molar-refractivity contribution in [1.82, 2.24) is 15.0 Å². The van der Waals surface area contributed by atoms with Crippen LogP contribution in [0.3, 0.4) is 0 Å². The maximum absolute atomic E-state index is 11.6. The second kappa shape index (κ2) is 6.31. The first kappa shape index (κ1) is 16.7. The number of nitrogens with two attached hydrogens (primary N) is 1. The summed E-state index contributed by atoms with van der Waals surface area (Å²) in [6.07, 6.45) is 1.52. The van der Waals surface area contributed by atoms with Crippen LogP contribution in [0.15, 0.2) is 36.7 Å². The highest BCUT2D eigenvalue weighted by Crippen LogP contribution is 2.39. The highest BCUT2D eigenvalue weighted by molar-refractivity contribution is 7.21. The average molecular weight is 393 g/mol. The van der Waals surface area contributed by atoms with Crippen LogP contribution in [0.2, 0.25) is 0 Å². The number of primary amides is 1. The molecule has 2 N–H and O–H groups in total. The van der Waals surface area contributed by atoms with Crippen molar-refractivity contribution in [2.75, 3.05) is 25.2 Å². The van der Waals surface area contributed by atoms with E-state index in [1.807, 2.05) is 42.3 Å².